The molecule has 2 rings (SSSR count). The first-order valence-electron chi connectivity index (χ1n) is 10.5. The second-order valence-electron chi connectivity index (χ2n) is 8.39. The molecule has 4 unspecified atom stereocenters. The van der Waals surface area contributed by atoms with Gasteiger partial charge in [0.15, 0.2) is 0 Å². The number of hydrogen-bond donors (Lipinski definition) is 0. The van der Waals surface area contributed by atoms with Gasteiger partial charge in [0.2, 0.25) is 0 Å². The first-order valence-corrected chi connectivity index (χ1v) is 10.5. The standard InChI is InChI=1S/C24H35NO4/c1-7-21(26)28-16-15-25-23(5,8-2)17-20(18(4)24(25,6)9-3)29-22(27)19-13-11-10-12-14-19/h7,10-14,18,20H,1,8-9,15-17H2,2-6H3. The van der Waals surface area contributed by atoms with Crippen LogP contribution in [0.2, 0.25) is 0 Å². The van der Waals surface area contributed by atoms with Crippen LogP contribution in [-0.4, -0.2) is 47.2 Å². The molecule has 0 aliphatic carbocycles. The molecular formula is C24H35NO4. The quantitative estimate of drug-likeness (QED) is 0.470. The molecule has 1 aliphatic heterocycles. The third-order valence-electron chi connectivity index (χ3n) is 6.92. The molecule has 0 aromatic heterocycles. The van der Waals surface area contributed by atoms with Crippen LogP contribution >= 0.6 is 0 Å². The molecule has 1 aromatic carbocycles. The largest absolute Gasteiger partial charge is 0.461 e. The van der Waals surface area contributed by atoms with E-state index in [4.69, 9.17) is 9.47 Å². The molecule has 1 fully saturated rings. The molecule has 1 heterocycles. The average Bonchev–Trinajstić information content (AvgIpc) is 2.74. The summed E-state index contributed by atoms with van der Waals surface area (Å²) in [5.74, 6) is -0.538. The van der Waals surface area contributed by atoms with Gasteiger partial charge in [0.1, 0.15) is 12.7 Å². The van der Waals surface area contributed by atoms with Gasteiger partial charge in [0.25, 0.3) is 0 Å². The number of piperidine rings is 1. The lowest BCUT2D eigenvalue weighted by molar-refractivity contribution is -0.153. The van der Waals surface area contributed by atoms with Crippen LogP contribution in [0.5, 0.6) is 0 Å². The summed E-state index contributed by atoms with van der Waals surface area (Å²) in [5, 5.41) is 0. The Hall–Kier alpha value is -2.14. The highest BCUT2D eigenvalue weighted by Gasteiger charge is 2.53. The van der Waals surface area contributed by atoms with Crippen molar-refractivity contribution in [2.45, 2.75) is 71.1 Å². The number of ether oxygens (including phenoxy) is 2. The molecule has 4 atom stereocenters. The van der Waals surface area contributed by atoms with E-state index in [-0.39, 0.29) is 29.1 Å². The second-order valence-corrected chi connectivity index (χ2v) is 8.39. The zero-order valence-electron chi connectivity index (χ0n) is 18.4. The summed E-state index contributed by atoms with van der Waals surface area (Å²) in [4.78, 5) is 26.6. The van der Waals surface area contributed by atoms with Crippen LogP contribution in [0.3, 0.4) is 0 Å². The van der Waals surface area contributed by atoms with Crippen LogP contribution in [0.4, 0.5) is 0 Å². The molecule has 0 bridgehead atoms. The van der Waals surface area contributed by atoms with Crippen molar-refractivity contribution in [1.29, 1.82) is 0 Å². The van der Waals surface area contributed by atoms with Gasteiger partial charge in [-0.3, -0.25) is 4.90 Å². The lowest BCUT2D eigenvalue weighted by atomic mass is 9.68. The van der Waals surface area contributed by atoms with Crippen molar-refractivity contribution in [2.75, 3.05) is 13.2 Å². The number of carbonyl (C=O) groups excluding carboxylic acids is 2. The molecule has 0 amide bonds. The number of esters is 2. The lowest BCUT2D eigenvalue weighted by Gasteiger charge is -2.60. The van der Waals surface area contributed by atoms with Gasteiger partial charge in [-0.25, -0.2) is 9.59 Å². The first kappa shape index (κ1) is 23.1. The summed E-state index contributed by atoms with van der Waals surface area (Å²) in [5.41, 5.74) is 0.222. The van der Waals surface area contributed by atoms with Gasteiger partial charge in [-0.1, -0.05) is 45.5 Å². The summed E-state index contributed by atoms with van der Waals surface area (Å²) in [6.07, 6.45) is 3.57. The third kappa shape index (κ3) is 4.89. The highest BCUT2D eigenvalue weighted by Crippen LogP contribution is 2.46. The van der Waals surface area contributed by atoms with Crippen molar-refractivity contribution in [2.24, 2.45) is 5.92 Å². The highest BCUT2D eigenvalue weighted by atomic mass is 16.5. The molecule has 1 aliphatic rings. The van der Waals surface area contributed by atoms with Crippen molar-refractivity contribution in [1.82, 2.24) is 4.90 Å². The van der Waals surface area contributed by atoms with Gasteiger partial charge in [-0.05, 0) is 38.8 Å². The van der Waals surface area contributed by atoms with E-state index in [0.717, 1.165) is 19.3 Å². The van der Waals surface area contributed by atoms with Gasteiger partial charge < -0.3 is 9.47 Å². The molecule has 5 nitrogen and oxygen atoms in total. The van der Waals surface area contributed by atoms with Crippen molar-refractivity contribution < 1.29 is 19.1 Å². The molecule has 160 valence electrons. The minimum atomic E-state index is -0.402. The Labute approximate surface area is 175 Å². The topological polar surface area (TPSA) is 55.8 Å². The lowest BCUT2D eigenvalue weighted by Crippen LogP contribution is -2.68. The van der Waals surface area contributed by atoms with Crippen molar-refractivity contribution in [3.05, 3.63) is 48.6 Å². The Morgan fingerprint density at radius 3 is 2.41 bits per heavy atom. The molecule has 5 heteroatoms. The molecule has 0 N–H and O–H groups in total. The fraction of sp³-hybridized carbons (Fsp3) is 0.583. The van der Waals surface area contributed by atoms with Crippen LogP contribution in [0.15, 0.2) is 43.0 Å². The minimum absolute atomic E-state index is 0.134. The van der Waals surface area contributed by atoms with Gasteiger partial charge in [0.05, 0.1) is 5.56 Å². The number of likely N-dealkylation sites (tertiary alicyclic amines) is 1. The monoisotopic (exact) mass is 401 g/mol. The smallest absolute Gasteiger partial charge is 0.338 e. The predicted octanol–water partition coefficient (Wildman–Crippen LogP) is 4.62. The van der Waals surface area contributed by atoms with Gasteiger partial charge >= 0.3 is 11.9 Å². The van der Waals surface area contributed by atoms with Crippen LogP contribution in [0, 0.1) is 5.92 Å². The van der Waals surface area contributed by atoms with E-state index in [1.807, 2.05) is 18.2 Å². The summed E-state index contributed by atoms with van der Waals surface area (Å²) >= 11 is 0. The fourth-order valence-corrected chi connectivity index (χ4v) is 4.58. The summed E-state index contributed by atoms with van der Waals surface area (Å²) < 4.78 is 11.3. The maximum Gasteiger partial charge on any atom is 0.338 e. The van der Waals surface area contributed by atoms with Crippen molar-refractivity contribution in [3.8, 4) is 0 Å². The van der Waals surface area contributed by atoms with Gasteiger partial charge in [-0.15, -0.1) is 0 Å². The number of nitrogens with zero attached hydrogens (tertiary/aromatic N) is 1. The number of rotatable bonds is 8. The van der Waals surface area contributed by atoms with Crippen LogP contribution in [0.25, 0.3) is 0 Å². The van der Waals surface area contributed by atoms with E-state index in [1.165, 1.54) is 6.08 Å². The molecule has 0 spiro atoms. The molecule has 0 radical (unpaired) electrons. The van der Waals surface area contributed by atoms with Crippen LogP contribution < -0.4 is 0 Å². The zero-order chi connectivity index (χ0) is 21.7. The molecular weight excluding hydrogens is 366 g/mol. The second kappa shape index (κ2) is 9.57. The molecule has 1 aromatic rings. The Morgan fingerprint density at radius 1 is 1.21 bits per heavy atom. The summed E-state index contributed by atoms with van der Waals surface area (Å²) in [6, 6.07) is 9.15. The van der Waals surface area contributed by atoms with Gasteiger partial charge in [0, 0.05) is 36.0 Å². The predicted molar refractivity (Wildman–Crippen MR) is 115 cm³/mol. The Morgan fingerprint density at radius 2 is 1.86 bits per heavy atom. The third-order valence-corrected chi connectivity index (χ3v) is 6.92. The average molecular weight is 402 g/mol. The van der Waals surface area contributed by atoms with Crippen molar-refractivity contribution >= 4 is 11.9 Å². The van der Waals surface area contributed by atoms with E-state index >= 15 is 0 Å². The fourth-order valence-electron chi connectivity index (χ4n) is 4.58. The maximum atomic E-state index is 12.7. The van der Waals surface area contributed by atoms with Crippen LogP contribution in [0.1, 0.15) is 64.2 Å². The molecule has 1 saturated heterocycles. The number of hydrogen-bond acceptors (Lipinski definition) is 5. The molecule has 29 heavy (non-hydrogen) atoms. The maximum absolute atomic E-state index is 12.7. The van der Waals surface area contributed by atoms with Crippen molar-refractivity contribution in [3.63, 3.8) is 0 Å². The van der Waals surface area contributed by atoms with Gasteiger partial charge in [-0.2, -0.15) is 0 Å². The SMILES string of the molecule is C=CC(=O)OCCN1C(C)(CC)CC(OC(=O)c2ccccc2)C(C)C1(C)CC. The number of carbonyl (C=O) groups is 2. The number of benzene rings is 1. The van der Waals surface area contributed by atoms with E-state index in [0.29, 0.717) is 18.7 Å². The summed E-state index contributed by atoms with van der Waals surface area (Å²) in [7, 11) is 0. The molecule has 0 saturated carbocycles. The van der Waals surface area contributed by atoms with Crippen LogP contribution in [-0.2, 0) is 14.3 Å². The van der Waals surface area contributed by atoms with E-state index in [1.54, 1.807) is 12.1 Å². The Kier molecular flexibility index (Phi) is 7.64. The zero-order valence-corrected chi connectivity index (χ0v) is 18.4. The van der Waals surface area contributed by atoms with E-state index in [2.05, 4.69) is 46.1 Å². The normalized spacial score (nSPS) is 29.8. The summed E-state index contributed by atoms with van der Waals surface area (Å²) in [6.45, 7) is 15.3. The minimum Gasteiger partial charge on any atom is -0.461 e. The van der Waals surface area contributed by atoms with E-state index < -0.39 is 5.97 Å². The Bertz CT molecular complexity index is 719. The first-order chi connectivity index (χ1) is 13.7. The Balaban J connectivity index is 2.24. The van der Waals surface area contributed by atoms with E-state index in [9.17, 15) is 9.59 Å². The highest BCUT2D eigenvalue weighted by molar-refractivity contribution is 5.89.